The van der Waals surface area contributed by atoms with Crippen molar-refractivity contribution < 1.29 is 1.43 Å². The smallest absolute Gasteiger partial charge is 0.0742 e. The summed E-state index contributed by atoms with van der Waals surface area (Å²) in [5.74, 6) is 0. The zero-order chi connectivity index (χ0) is 38.9. The lowest BCUT2D eigenvalue weighted by Gasteiger charge is -2.41. The quantitative estimate of drug-likeness (QED) is 0.164. The maximum Gasteiger partial charge on any atom is 0.0742 e. The Balaban J connectivity index is 0.00000223. The number of fused-ring (bicyclic) bond motifs is 7. The molecule has 2 heterocycles. The largest absolute Gasteiger partial charge is 0.309 e. The molecule has 0 fully saturated rings. The Kier molecular flexibility index (Phi) is 8.28. The van der Waals surface area contributed by atoms with Gasteiger partial charge >= 0.3 is 0 Å². The van der Waals surface area contributed by atoms with E-state index in [9.17, 15) is 0 Å². The van der Waals surface area contributed by atoms with Crippen LogP contribution in [0.3, 0.4) is 0 Å². The van der Waals surface area contributed by atoms with Gasteiger partial charge in [-0.15, -0.1) is 0 Å². The van der Waals surface area contributed by atoms with Crippen LogP contribution in [0.15, 0.2) is 231 Å². The first-order valence-electron chi connectivity index (χ1n) is 20.4. The van der Waals surface area contributed by atoms with Crippen molar-refractivity contribution >= 4 is 60.4 Å². The van der Waals surface area contributed by atoms with Crippen molar-refractivity contribution in [1.29, 1.82) is 0 Å². The summed E-state index contributed by atoms with van der Waals surface area (Å²) in [5, 5.41) is 7.40. The van der Waals surface area contributed by atoms with Gasteiger partial charge in [0.1, 0.15) is 0 Å². The molecule has 0 saturated carbocycles. The molecule has 11 aromatic rings. The van der Waals surface area contributed by atoms with E-state index in [1.807, 2.05) is 0 Å². The highest BCUT2D eigenvalue weighted by Crippen LogP contribution is 2.54. The van der Waals surface area contributed by atoms with Gasteiger partial charge in [-0.3, -0.25) is 0 Å². The van der Waals surface area contributed by atoms with E-state index in [-0.39, 0.29) is 8.85 Å². The summed E-state index contributed by atoms with van der Waals surface area (Å²) in [6.45, 7) is 0. The molecule has 0 amide bonds. The Morgan fingerprint density at radius 3 is 1.53 bits per heavy atom. The first kappa shape index (κ1) is 35.5. The number of hydrogen-bond donors (Lipinski definition) is 0. The van der Waals surface area contributed by atoms with Crippen LogP contribution in [0.4, 0.5) is 17.1 Å². The number of benzene rings is 10. The van der Waals surface area contributed by atoms with Gasteiger partial charge in [-0.25, -0.2) is 0 Å². The van der Waals surface area contributed by atoms with Crippen molar-refractivity contribution in [3.05, 3.63) is 253 Å². The first-order chi connectivity index (χ1) is 29.3. The SMILES string of the molecule is C.[HH].c1ccc(C2(c3ccccc3)c3ccccc3-n3c4ccc(-c5ccc(N(c6cccc7ccccc67)c6cccc7ccccc67)cc5)cc4c4cccc2c43)cc1. The number of para-hydroxylation sites is 2. The summed E-state index contributed by atoms with van der Waals surface area (Å²) < 4.78 is 2.51. The van der Waals surface area contributed by atoms with Gasteiger partial charge in [-0.2, -0.15) is 0 Å². The molecule has 12 rings (SSSR count). The van der Waals surface area contributed by atoms with Crippen LogP contribution in [0, 0.1) is 0 Å². The van der Waals surface area contributed by atoms with Crippen LogP contribution in [0.2, 0.25) is 0 Å². The molecule has 0 spiro atoms. The third-order valence-corrected chi connectivity index (χ3v) is 12.6. The standard InChI is InChI=1S/C57H38N2.CH4.H2/c1-3-20-43(21-4-1)57(44-22-5-2-6-23-44)50-27-11-12-29-55(50)59-54-37-34-42(38-49(54)48-26-15-28-51(57)56(48)59)39-32-35-45(36-33-39)58(52-30-13-18-40-16-7-9-24-46(40)52)53-31-14-19-41-17-8-10-25-47(41)53;;/h1-38H;1H4;1H. The van der Waals surface area contributed by atoms with Crippen molar-refractivity contribution in [2.75, 3.05) is 4.90 Å². The minimum Gasteiger partial charge on any atom is -0.309 e. The summed E-state index contributed by atoms with van der Waals surface area (Å²) in [5.41, 5.74) is 14.2. The minimum atomic E-state index is -0.484. The fourth-order valence-corrected chi connectivity index (χ4v) is 10.1. The number of aromatic nitrogens is 1. The zero-order valence-corrected chi connectivity index (χ0v) is 32.3. The second kappa shape index (κ2) is 14.0. The Morgan fingerprint density at radius 2 is 0.883 bits per heavy atom. The highest BCUT2D eigenvalue weighted by Gasteiger charge is 2.45. The molecule has 1 aliphatic heterocycles. The predicted molar refractivity (Wildman–Crippen MR) is 257 cm³/mol. The van der Waals surface area contributed by atoms with Gasteiger partial charge in [-0.05, 0) is 86.6 Å². The normalized spacial score (nSPS) is 12.7. The fraction of sp³-hybridized carbons (Fsp3) is 0.0345. The van der Waals surface area contributed by atoms with E-state index in [1.165, 1.54) is 82.4 Å². The molecule has 286 valence electrons. The fourth-order valence-electron chi connectivity index (χ4n) is 10.1. The molecule has 0 radical (unpaired) electrons. The highest BCUT2D eigenvalue weighted by atomic mass is 15.1. The van der Waals surface area contributed by atoms with Crippen LogP contribution in [-0.4, -0.2) is 4.57 Å². The van der Waals surface area contributed by atoms with Crippen molar-refractivity contribution in [3.8, 4) is 16.8 Å². The van der Waals surface area contributed by atoms with E-state index in [2.05, 4.69) is 240 Å². The molecule has 10 aromatic carbocycles. The number of hydrogen-bond acceptors (Lipinski definition) is 1. The average Bonchev–Trinajstić information content (AvgIpc) is 3.65. The second-order valence-corrected chi connectivity index (χ2v) is 15.6. The third-order valence-electron chi connectivity index (χ3n) is 12.6. The zero-order valence-electron chi connectivity index (χ0n) is 32.3. The van der Waals surface area contributed by atoms with E-state index >= 15 is 0 Å². The summed E-state index contributed by atoms with van der Waals surface area (Å²) >= 11 is 0. The minimum absolute atomic E-state index is 0. The van der Waals surface area contributed by atoms with Crippen LogP contribution in [-0.2, 0) is 5.41 Å². The van der Waals surface area contributed by atoms with Gasteiger partial charge in [0, 0.05) is 28.7 Å². The van der Waals surface area contributed by atoms with Crippen LogP contribution >= 0.6 is 0 Å². The Bertz CT molecular complexity index is 3260. The number of anilines is 3. The molecule has 1 aliphatic rings. The predicted octanol–water partition coefficient (Wildman–Crippen LogP) is 15.8. The molecule has 2 nitrogen and oxygen atoms in total. The van der Waals surface area contributed by atoms with Gasteiger partial charge in [0.15, 0.2) is 0 Å². The maximum absolute atomic E-state index is 2.51. The van der Waals surface area contributed by atoms with E-state index in [4.69, 9.17) is 0 Å². The maximum atomic E-state index is 2.51. The average molecular weight is 769 g/mol. The lowest BCUT2D eigenvalue weighted by molar-refractivity contribution is 0.728. The van der Waals surface area contributed by atoms with E-state index in [0.717, 1.165) is 17.1 Å². The van der Waals surface area contributed by atoms with Gasteiger partial charge in [0.05, 0.1) is 33.5 Å². The molecule has 0 atom stereocenters. The van der Waals surface area contributed by atoms with E-state index < -0.39 is 5.41 Å². The highest BCUT2D eigenvalue weighted by molar-refractivity contribution is 6.13. The van der Waals surface area contributed by atoms with Crippen molar-refractivity contribution in [3.63, 3.8) is 0 Å². The lowest BCUT2D eigenvalue weighted by Crippen LogP contribution is -2.35. The molecular formula is C58H44N2. The first-order valence-corrected chi connectivity index (χ1v) is 20.4. The Morgan fingerprint density at radius 1 is 0.383 bits per heavy atom. The molecule has 0 N–H and O–H groups in total. The van der Waals surface area contributed by atoms with Gasteiger partial charge in [-0.1, -0.05) is 195 Å². The summed E-state index contributed by atoms with van der Waals surface area (Å²) in [7, 11) is 0. The second-order valence-electron chi connectivity index (χ2n) is 15.6. The van der Waals surface area contributed by atoms with Crippen LogP contribution in [0.5, 0.6) is 0 Å². The third kappa shape index (κ3) is 5.14. The summed E-state index contributed by atoms with van der Waals surface area (Å²) in [4.78, 5) is 2.42. The summed E-state index contributed by atoms with van der Waals surface area (Å²) in [6.07, 6.45) is 0. The molecule has 0 unspecified atom stereocenters. The van der Waals surface area contributed by atoms with E-state index in [1.54, 1.807) is 0 Å². The van der Waals surface area contributed by atoms with Crippen molar-refractivity contribution in [1.82, 2.24) is 4.57 Å². The lowest BCUT2D eigenvalue weighted by atomic mass is 9.63. The molecule has 0 aliphatic carbocycles. The van der Waals surface area contributed by atoms with Crippen LogP contribution < -0.4 is 4.90 Å². The molecule has 1 aromatic heterocycles. The van der Waals surface area contributed by atoms with Crippen molar-refractivity contribution in [2.45, 2.75) is 12.8 Å². The van der Waals surface area contributed by atoms with Gasteiger partial charge in [0.2, 0.25) is 0 Å². The monoisotopic (exact) mass is 768 g/mol. The van der Waals surface area contributed by atoms with Gasteiger partial charge < -0.3 is 9.47 Å². The van der Waals surface area contributed by atoms with Crippen LogP contribution in [0.25, 0.3) is 60.2 Å². The van der Waals surface area contributed by atoms with Crippen LogP contribution in [0.1, 0.15) is 31.1 Å². The van der Waals surface area contributed by atoms with E-state index in [0.29, 0.717) is 0 Å². The Labute approximate surface area is 352 Å². The topological polar surface area (TPSA) is 8.17 Å². The molecule has 0 saturated heterocycles. The molecule has 0 bridgehead atoms. The van der Waals surface area contributed by atoms with Gasteiger partial charge in [0.25, 0.3) is 0 Å². The summed E-state index contributed by atoms with van der Waals surface area (Å²) in [6, 6.07) is 84.8. The molecule has 2 heteroatoms. The molecular weight excluding hydrogens is 725 g/mol. The van der Waals surface area contributed by atoms with Crippen molar-refractivity contribution in [2.24, 2.45) is 0 Å². The Hall–Kier alpha value is -7.68. The number of rotatable bonds is 6. The molecule has 60 heavy (non-hydrogen) atoms. The number of nitrogens with zero attached hydrogens (tertiary/aromatic N) is 2.